The van der Waals surface area contributed by atoms with Gasteiger partial charge in [0.05, 0.1) is 5.56 Å². The van der Waals surface area contributed by atoms with Crippen molar-refractivity contribution in [2.45, 2.75) is 20.3 Å². The van der Waals surface area contributed by atoms with Gasteiger partial charge in [0, 0.05) is 5.69 Å². The Morgan fingerprint density at radius 1 is 1.16 bits per heavy atom. The summed E-state index contributed by atoms with van der Waals surface area (Å²) in [5.74, 6) is -0.893. The maximum absolute atomic E-state index is 13.8. The van der Waals surface area contributed by atoms with E-state index in [0.717, 1.165) is 6.42 Å². The largest absolute Gasteiger partial charge is 0.322 e. The molecule has 0 saturated heterocycles. The van der Waals surface area contributed by atoms with E-state index in [-0.39, 0.29) is 5.56 Å². The lowest BCUT2D eigenvalue weighted by atomic mass is 10.1. The second-order valence-corrected chi connectivity index (χ2v) is 4.44. The summed E-state index contributed by atoms with van der Waals surface area (Å²) in [6, 6.07) is 12.3. The van der Waals surface area contributed by atoms with Gasteiger partial charge in [0.1, 0.15) is 5.82 Å². The molecule has 98 valence electrons. The van der Waals surface area contributed by atoms with Crippen molar-refractivity contribution in [1.29, 1.82) is 0 Å². The van der Waals surface area contributed by atoms with E-state index in [0.29, 0.717) is 11.3 Å². The van der Waals surface area contributed by atoms with Crippen LogP contribution in [0.2, 0.25) is 0 Å². The minimum Gasteiger partial charge on any atom is -0.322 e. The molecule has 0 aromatic heterocycles. The Kier molecular flexibility index (Phi) is 3.95. The van der Waals surface area contributed by atoms with E-state index in [4.69, 9.17) is 0 Å². The van der Waals surface area contributed by atoms with Crippen LogP contribution in [0.4, 0.5) is 10.1 Å². The second kappa shape index (κ2) is 5.65. The van der Waals surface area contributed by atoms with Crippen molar-refractivity contribution >= 4 is 11.6 Å². The van der Waals surface area contributed by atoms with E-state index >= 15 is 0 Å². The van der Waals surface area contributed by atoms with Gasteiger partial charge in [-0.3, -0.25) is 4.79 Å². The van der Waals surface area contributed by atoms with E-state index in [1.165, 1.54) is 11.6 Å². The third-order valence-corrected chi connectivity index (χ3v) is 3.06. The second-order valence-electron chi connectivity index (χ2n) is 4.44. The van der Waals surface area contributed by atoms with E-state index < -0.39 is 11.7 Å². The molecule has 0 heterocycles. The molecule has 0 fully saturated rings. The van der Waals surface area contributed by atoms with Crippen LogP contribution < -0.4 is 5.32 Å². The van der Waals surface area contributed by atoms with Gasteiger partial charge < -0.3 is 5.32 Å². The summed E-state index contributed by atoms with van der Waals surface area (Å²) < 4.78 is 13.8. The number of anilines is 1. The summed E-state index contributed by atoms with van der Waals surface area (Å²) in [7, 11) is 0. The molecule has 2 rings (SSSR count). The molecule has 2 aromatic carbocycles. The van der Waals surface area contributed by atoms with E-state index in [1.807, 2.05) is 24.3 Å². The highest BCUT2D eigenvalue weighted by Crippen LogP contribution is 2.15. The van der Waals surface area contributed by atoms with E-state index in [1.54, 1.807) is 19.1 Å². The van der Waals surface area contributed by atoms with Crippen molar-refractivity contribution in [3.05, 3.63) is 65.0 Å². The van der Waals surface area contributed by atoms with Crippen molar-refractivity contribution < 1.29 is 9.18 Å². The third-order valence-electron chi connectivity index (χ3n) is 3.06. The molecule has 0 atom stereocenters. The number of hydrogen-bond acceptors (Lipinski definition) is 1. The number of aryl methyl sites for hydroxylation is 2. The average molecular weight is 257 g/mol. The Labute approximate surface area is 112 Å². The average Bonchev–Trinajstić information content (AvgIpc) is 2.42. The van der Waals surface area contributed by atoms with Gasteiger partial charge in [-0.1, -0.05) is 31.2 Å². The maximum atomic E-state index is 13.8. The summed E-state index contributed by atoms with van der Waals surface area (Å²) in [5.41, 5.74) is 2.40. The fraction of sp³-hybridized carbons (Fsp3) is 0.188. The first-order valence-corrected chi connectivity index (χ1v) is 6.27. The van der Waals surface area contributed by atoms with Gasteiger partial charge in [-0.05, 0) is 42.7 Å². The van der Waals surface area contributed by atoms with Crippen LogP contribution in [0.15, 0.2) is 42.5 Å². The third kappa shape index (κ3) is 2.99. The normalized spacial score (nSPS) is 10.3. The van der Waals surface area contributed by atoms with Crippen LogP contribution in [-0.4, -0.2) is 5.91 Å². The standard InChI is InChI=1S/C16H16FNO/c1-3-12-7-9-13(10-8-12)18-16(19)14-6-4-5-11(2)15(14)17/h4-10H,3H2,1-2H3,(H,18,19). The fourth-order valence-electron chi connectivity index (χ4n) is 1.84. The molecule has 0 unspecified atom stereocenters. The number of halogens is 1. The number of carbonyl (C=O) groups is 1. The van der Waals surface area contributed by atoms with Crippen LogP contribution in [0.25, 0.3) is 0 Å². The SMILES string of the molecule is CCc1ccc(NC(=O)c2cccc(C)c2F)cc1. The van der Waals surface area contributed by atoms with Gasteiger partial charge in [0.25, 0.3) is 5.91 Å². The highest BCUT2D eigenvalue weighted by molar-refractivity contribution is 6.04. The molecular formula is C16H16FNO. The van der Waals surface area contributed by atoms with Gasteiger partial charge >= 0.3 is 0 Å². The topological polar surface area (TPSA) is 29.1 Å². The molecule has 0 aliphatic heterocycles. The van der Waals surface area contributed by atoms with Crippen molar-refractivity contribution in [2.75, 3.05) is 5.32 Å². The van der Waals surface area contributed by atoms with E-state index in [9.17, 15) is 9.18 Å². The molecule has 0 saturated carbocycles. The Bertz CT molecular complexity index is 590. The number of hydrogen-bond donors (Lipinski definition) is 1. The van der Waals surface area contributed by atoms with Gasteiger partial charge in [-0.2, -0.15) is 0 Å². The molecule has 1 amide bonds. The van der Waals surface area contributed by atoms with Crippen LogP contribution in [0.1, 0.15) is 28.4 Å². The number of carbonyl (C=O) groups excluding carboxylic acids is 1. The lowest BCUT2D eigenvalue weighted by molar-refractivity contribution is 0.102. The molecule has 3 heteroatoms. The first-order valence-electron chi connectivity index (χ1n) is 6.27. The van der Waals surface area contributed by atoms with Crippen LogP contribution >= 0.6 is 0 Å². The maximum Gasteiger partial charge on any atom is 0.258 e. The lowest BCUT2D eigenvalue weighted by Gasteiger charge is -2.08. The van der Waals surface area contributed by atoms with Crippen molar-refractivity contribution in [3.63, 3.8) is 0 Å². The quantitative estimate of drug-likeness (QED) is 0.886. The number of benzene rings is 2. The zero-order chi connectivity index (χ0) is 13.8. The summed E-state index contributed by atoms with van der Waals surface area (Å²) in [5, 5.41) is 2.70. The summed E-state index contributed by atoms with van der Waals surface area (Å²) in [6.07, 6.45) is 0.945. The van der Waals surface area contributed by atoms with Gasteiger partial charge in [-0.15, -0.1) is 0 Å². The molecule has 0 spiro atoms. The zero-order valence-electron chi connectivity index (χ0n) is 11.0. The highest BCUT2D eigenvalue weighted by Gasteiger charge is 2.13. The molecule has 2 nitrogen and oxygen atoms in total. The molecule has 0 aliphatic carbocycles. The van der Waals surface area contributed by atoms with Crippen LogP contribution in [-0.2, 0) is 6.42 Å². The zero-order valence-corrected chi connectivity index (χ0v) is 11.0. The smallest absolute Gasteiger partial charge is 0.258 e. The molecule has 0 bridgehead atoms. The molecule has 19 heavy (non-hydrogen) atoms. The minimum absolute atomic E-state index is 0.0690. The van der Waals surface area contributed by atoms with Crippen LogP contribution in [0.3, 0.4) is 0 Å². The Balaban J connectivity index is 2.18. The first kappa shape index (κ1) is 13.3. The van der Waals surface area contributed by atoms with Crippen molar-refractivity contribution in [2.24, 2.45) is 0 Å². The summed E-state index contributed by atoms with van der Waals surface area (Å²) in [4.78, 5) is 12.0. The summed E-state index contributed by atoms with van der Waals surface area (Å²) >= 11 is 0. The van der Waals surface area contributed by atoms with Crippen LogP contribution in [0, 0.1) is 12.7 Å². The van der Waals surface area contributed by atoms with E-state index in [2.05, 4.69) is 12.2 Å². The molecule has 1 N–H and O–H groups in total. The predicted octanol–water partition coefficient (Wildman–Crippen LogP) is 3.95. The molecular weight excluding hydrogens is 241 g/mol. The monoisotopic (exact) mass is 257 g/mol. The molecule has 0 radical (unpaired) electrons. The fourth-order valence-corrected chi connectivity index (χ4v) is 1.84. The number of nitrogens with one attached hydrogen (secondary N) is 1. The van der Waals surface area contributed by atoms with Crippen molar-refractivity contribution in [1.82, 2.24) is 0 Å². The Hall–Kier alpha value is -2.16. The van der Waals surface area contributed by atoms with Crippen molar-refractivity contribution in [3.8, 4) is 0 Å². The lowest BCUT2D eigenvalue weighted by Crippen LogP contribution is -2.14. The first-order chi connectivity index (χ1) is 9.11. The molecule has 2 aromatic rings. The van der Waals surface area contributed by atoms with Gasteiger partial charge in [-0.25, -0.2) is 4.39 Å². The minimum atomic E-state index is -0.467. The highest BCUT2D eigenvalue weighted by atomic mass is 19.1. The van der Waals surface area contributed by atoms with Gasteiger partial charge in [0.2, 0.25) is 0 Å². The number of amides is 1. The predicted molar refractivity (Wildman–Crippen MR) is 74.9 cm³/mol. The Morgan fingerprint density at radius 3 is 2.47 bits per heavy atom. The summed E-state index contributed by atoms with van der Waals surface area (Å²) in [6.45, 7) is 3.71. The molecule has 0 aliphatic rings. The number of rotatable bonds is 3. The Morgan fingerprint density at radius 2 is 1.84 bits per heavy atom. The van der Waals surface area contributed by atoms with Crippen LogP contribution in [0.5, 0.6) is 0 Å². The van der Waals surface area contributed by atoms with Gasteiger partial charge in [0.15, 0.2) is 0 Å².